The van der Waals surface area contributed by atoms with E-state index in [2.05, 4.69) is 29.6 Å². The summed E-state index contributed by atoms with van der Waals surface area (Å²) in [4.78, 5) is 65.1. The summed E-state index contributed by atoms with van der Waals surface area (Å²) in [6.07, 6.45) is 2.59. The number of esters is 2. The van der Waals surface area contributed by atoms with Gasteiger partial charge in [-0.2, -0.15) is 0 Å². The van der Waals surface area contributed by atoms with Gasteiger partial charge in [0, 0.05) is 30.5 Å². The van der Waals surface area contributed by atoms with E-state index in [1.807, 2.05) is 31.2 Å². The molecule has 0 aromatic heterocycles. The zero-order chi connectivity index (χ0) is 31.5. The highest BCUT2D eigenvalue weighted by Gasteiger charge is 2.61. The molecule has 3 amide bonds. The molecule has 0 unspecified atom stereocenters. The van der Waals surface area contributed by atoms with Crippen LogP contribution in [0, 0.1) is 11.8 Å². The van der Waals surface area contributed by atoms with E-state index < -0.39 is 24.5 Å². The summed E-state index contributed by atoms with van der Waals surface area (Å²) in [6.45, 7) is 2.15. The molecule has 1 N–H and O–H groups in total. The summed E-state index contributed by atoms with van der Waals surface area (Å²) in [5, 5.41) is 2.63. The lowest BCUT2D eigenvalue weighted by Gasteiger charge is -2.45. The molecule has 0 spiro atoms. The van der Waals surface area contributed by atoms with Crippen molar-refractivity contribution in [2.75, 3.05) is 25.1 Å². The van der Waals surface area contributed by atoms with Crippen LogP contribution < -0.4 is 5.32 Å². The van der Waals surface area contributed by atoms with E-state index in [1.165, 1.54) is 4.90 Å². The van der Waals surface area contributed by atoms with Gasteiger partial charge in [0.2, 0.25) is 11.8 Å². The molecule has 45 heavy (non-hydrogen) atoms. The number of unbranched alkanes of at least 4 members (excludes halogenated alkanes) is 2. The predicted octanol–water partition coefficient (Wildman–Crippen LogP) is 5.19. The number of imide groups is 1. The van der Waals surface area contributed by atoms with Crippen LogP contribution in [0.3, 0.4) is 0 Å². The van der Waals surface area contributed by atoms with Gasteiger partial charge in [-0.25, -0.2) is 4.79 Å². The van der Waals surface area contributed by atoms with Gasteiger partial charge in [-0.05, 0) is 65.8 Å². The lowest BCUT2D eigenvalue weighted by atomic mass is 9.55. The zero-order valence-electron chi connectivity index (χ0n) is 25.2. The van der Waals surface area contributed by atoms with Crippen molar-refractivity contribution >= 4 is 35.3 Å². The first-order valence-electron chi connectivity index (χ1n) is 15.6. The number of nitrogens with one attached hydrogen (secondary N) is 1. The fourth-order valence-electron chi connectivity index (χ4n) is 7.06. The minimum atomic E-state index is -0.495. The Labute approximate surface area is 261 Å². The Kier molecular flexibility index (Phi) is 8.78. The lowest BCUT2D eigenvalue weighted by molar-refractivity contribution is -0.147. The first-order valence-corrected chi connectivity index (χ1v) is 15.6. The largest absolute Gasteiger partial charge is 0.462 e. The Bertz CT molecular complexity index is 1520. The third kappa shape index (κ3) is 5.87. The van der Waals surface area contributed by atoms with Crippen molar-refractivity contribution in [2.45, 2.75) is 50.9 Å². The fraction of sp³-hybridized carbons (Fsp3) is 0.361. The molecule has 9 nitrogen and oxygen atoms in total. The molecule has 1 saturated heterocycles. The Morgan fingerprint density at radius 3 is 1.82 bits per heavy atom. The highest BCUT2D eigenvalue weighted by atomic mass is 16.5. The average Bonchev–Trinajstić information content (AvgIpc) is 3.32. The van der Waals surface area contributed by atoms with Crippen LogP contribution in [0.5, 0.6) is 0 Å². The van der Waals surface area contributed by atoms with Gasteiger partial charge in [-0.1, -0.05) is 61.9 Å². The number of carbonyl (C=O) groups excluding carboxylic acids is 5. The van der Waals surface area contributed by atoms with Crippen molar-refractivity contribution in [1.29, 1.82) is 0 Å². The van der Waals surface area contributed by atoms with E-state index >= 15 is 0 Å². The normalized spacial score (nSPS) is 20.7. The number of amides is 3. The minimum absolute atomic E-state index is 0.0968. The second-order valence-corrected chi connectivity index (χ2v) is 11.8. The van der Waals surface area contributed by atoms with Crippen LogP contribution in [0.4, 0.5) is 5.69 Å². The Balaban J connectivity index is 0.944. The van der Waals surface area contributed by atoms with E-state index in [-0.39, 0.29) is 41.9 Å². The van der Waals surface area contributed by atoms with Crippen molar-refractivity contribution in [3.8, 4) is 0 Å². The van der Waals surface area contributed by atoms with Gasteiger partial charge >= 0.3 is 11.9 Å². The molecule has 1 aliphatic heterocycles. The quantitative estimate of drug-likeness (QED) is 0.171. The van der Waals surface area contributed by atoms with Crippen molar-refractivity contribution < 1.29 is 33.4 Å². The maximum Gasteiger partial charge on any atom is 0.338 e. The fourth-order valence-corrected chi connectivity index (χ4v) is 7.06. The van der Waals surface area contributed by atoms with E-state index in [1.54, 1.807) is 24.3 Å². The van der Waals surface area contributed by atoms with E-state index in [0.29, 0.717) is 43.7 Å². The van der Waals surface area contributed by atoms with Gasteiger partial charge in [0.1, 0.15) is 0 Å². The third-order valence-electron chi connectivity index (χ3n) is 9.01. The maximum absolute atomic E-state index is 13.7. The van der Waals surface area contributed by atoms with Crippen LogP contribution in [0.1, 0.15) is 83.5 Å². The standard InChI is InChI=1S/C36H36N2O7/c1-2-20-44-36(43)22-15-17-23(18-16-22)37-28(39)21-45-29(40)14-4-3-9-19-38-34(41)32-30-24-10-5-6-11-25(24)31(33(32)35(38)42)27-13-8-7-12-26(27)30/h5-8,10-13,15-18,30-33H,2-4,9,14,19-21H2,1H3,(H,37,39)/t30?,31?,32-,33-/m0/s1. The van der Waals surface area contributed by atoms with Crippen LogP contribution in [-0.4, -0.2) is 54.3 Å². The van der Waals surface area contributed by atoms with Gasteiger partial charge in [-0.15, -0.1) is 0 Å². The van der Waals surface area contributed by atoms with Crippen LogP contribution in [-0.2, 0) is 28.7 Å². The molecule has 232 valence electrons. The molecular weight excluding hydrogens is 572 g/mol. The average molecular weight is 609 g/mol. The number of nitrogens with zero attached hydrogens (tertiary/aromatic N) is 1. The molecule has 0 saturated carbocycles. The minimum Gasteiger partial charge on any atom is -0.462 e. The predicted molar refractivity (Wildman–Crippen MR) is 165 cm³/mol. The first-order chi connectivity index (χ1) is 21.9. The summed E-state index contributed by atoms with van der Waals surface area (Å²) in [5.41, 5.74) is 5.46. The van der Waals surface area contributed by atoms with Crippen LogP contribution in [0.25, 0.3) is 0 Å². The highest BCUT2D eigenvalue weighted by molar-refractivity contribution is 6.07. The number of carbonyl (C=O) groups is 5. The van der Waals surface area contributed by atoms with Gasteiger partial charge < -0.3 is 14.8 Å². The monoisotopic (exact) mass is 608 g/mol. The number of hydrogen-bond donors (Lipinski definition) is 1. The van der Waals surface area contributed by atoms with Gasteiger partial charge in [-0.3, -0.25) is 24.1 Å². The molecule has 7 rings (SSSR count). The summed E-state index contributed by atoms with van der Waals surface area (Å²) in [5.74, 6) is -2.60. The molecule has 9 heteroatoms. The Morgan fingerprint density at radius 2 is 1.29 bits per heavy atom. The zero-order valence-corrected chi connectivity index (χ0v) is 25.2. The van der Waals surface area contributed by atoms with Crippen molar-refractivity contribution in [2.24, 2.45) is 11.8 Å². The molecular formula is C36H36N2O7. The van der Waals surface area contributed by atoms with Gasteiger partial charge in [0.25, 0.3) is 5.91 Å². The molecule has 0 radical (unpaired) electrons. The third-order valence-corrected chi connectivity index (χ3v) is 9.01. The van der Waals surface area contributed by atoms with Crippen molar-refractivity contribution in [1.82, 2.24) is 4.90 Å². The summed E-state index contributed by atoms with van der Waals surface area (Å²) >= 11 is 0. The molecule has 2 bridgehead atoms. The van der Waals surface area contributed by atoms with E-state index in [9.17, 15) is 24.0 Å². The number of likely N-dealkylation sites (tertiary alicyclic amines) is 1. The van der Waals surface area contributed by atoms with Crippen LogP contribution >= 0.6 is 0 Å². The maximum atomic E-state index is 13.7. The number of rotatable bonds is 12. The van der Waals surface area contributed by atoms with Crippen molar-refractivity contribution in [3.05, 3.63) is 101 Å². The molecule has 1 heterocycles. The molecule has 2 atom stereocenters. The van der Waals surface area contributed by atoms with Crippen LogP contribution in [0.15, 0.2) is 72.8 Å². The highest BCUT2D eigenvalue weighted by Crippen LogP contribution is 2.60. The number of anilines is 1. The number of ether oxygens (including phenoxy) is 2. The summed E-state index contributed by atoms with van der Waals surface area (Å²) < 4.78 is 10.2. The van der Waals surface area contributed by atoms with E-state index in [0.717, 1.165) is 28.7 Å². The summed E-state index contributed by atoms with van der Waals surface area (Å²) in [7, 11) is 0. The van der Waals surface area contributed by atoms with Crippen LogP contribution in [0.2, 0.25) is 0 Å². The number of benzene rings is 3. The second-order valence-electron chi connectivity index (χ2n) is 11.8. The Hall–Kier alpha value is -4.79. The van der Waals surface area contributed by atoms with Crippen molar-refractivity contribution in [3.63, 3.8) is 0 Å². The second kappa shape index (κ2) is 13.1. The Morgan fingerprint density at radius 1 is 0.733 bits per heavy atom. The van der Waals surface area contributed by atoms with Gasteiger partial charge in [0.15, 0.2) is 6.61 Å². The summed E-state index contributed by atoms with van der Waals surface area (Å²) in [6, 6.07) is 22.6. The molecule has 4 aliphatic rings. The van der Waals surface area contributed by atoms with Gasteiger partial charge in [0.05, 0.1) is 24.0 Å². The molecule has 1 fully saturated rings. The lowest BCUT2D eigenvalue weighted by Crippen LogP contribution is -2.41. The number of hydrogen-bond acceptors (Lipinski definition) is 7. The van der Waals surface area contributed by atoms with E-state index in [4.69, 9.17) is 9.47 Å². The molecule has 3 aliphatic carbocycles. The smallest absolute Gasteiger partial charge is 0.338 e. The topological polar surface area (TPSA) is 119 Å². The SMILES string of the molecule is CCCOC(=O)c1ccc(NC(=O)COC(=O)CCCCCN2C(=O)[C@H]3C4c5ccccc5C(c5ccccc54)[C@@H]3C2=O)cc1. The first kappa shape index (κ1) is 30.2. The molecule has 3 aromatic carbocycles. The molecule has 3 aromatic rings.